The summed E-state index contributed by atoms with van der Waals surface area (Å²) in [4.78, 5) is 19.4. The van der Waals surface area contributed by atoms with E-state index in [0.29, 0.717) is 23.8 Å². The Morgan fingerprint density at radius 2 is 2.07 bits per heavy atom. The smallest absolute Gasteiger partial charge is 0.260 e. The summed E-state index contributed by atoms with van der Waals surface area (Å²) < 4.78 is 19.3. The maximum atomic E-state index is 13.6. The number of amides is 1. The molecule has 138 valence electrons. The minimum absolute atomic E-state index is 0.0217. The SMILES string of the molecule is O=C(c1cccc(F)c1)N(C[C@@H]1CCCO1)c1nc(-c2ccccc2)cs1. The lowest BCUT2D eigenvalue weighted by molar-refractivity contribution is 0.0917. The molecule has 0 spiro atoms. The third-order valence-corrected chi connectivity index (χ3v) is 5.38. The highest BCUT2D eigenvalue weighted by atomic mass is 32.1. The van der Waals surface area contributed by atoms with E-state index in [-0.39, 0.29) is 12.0 Å². The molecular weight excluding hydrogens is 363 g/mol. The topological polar surface area (TPSA) is 42.4 Å². The number of rotatable bonds is 5. The van der Waals surface area contributed by atoms with E-state index in [1.54, 1.807) is 17.0 Å². The molecule has 4 nitrogen and oxygen atoms in total. The van der Waals surface area contributed by atoms with Gasteiger partial charge in [0.25, 0.3) is 5.91 Å². The summed E-state index contributed by atoms with van der Waals surface area (Å²) in [6.07, 6.45) is 1.87. The highest BCUT2D eigenvalue weighted by Gasteiger charge is 2.27. The summed E-state index contributed by atoms with van der Waals surface area (Å²) in [5.41, 5.74) is 2.12. The van der Waals surface area contributed by atoms with E-state index in [1.165, 1.54) is 23.5 Å². The lowest BCUT2D eigenvalue weighted by atomic mass is 10.1. The Labute approximate surface area is 161 Å². The Kier molecular flexibility index (Phi) is 5.27. The van der Waals surface area contributed by atoms with Crippen LogP contribution in [0.4, 0.5) is 9.52 Å². The molecule has 0 unspecified atom stereocenters. The predicted molar refractivity (Wildman–Crippen MR) is 105 cm³/mol. The molecule has 4 rings (SSSR count). The Bertz CT molecular complexity index is 923. The quantitative estimate of drug-likeness (QED) is 0.638. The van der Waals surface area contributed by atoms with E-state index >= 15 is 0 Å². The van der Waals surface area contributed by atoms with Crippen LogP contribution in [0.1, 0.15) is 23.2 Å². The van der Waals surface area contributed by atoms with Crippen LogP contribution < -0.4 is 4.90 Å². The third-order valence-electron chi connectivity index (χ3n) is 4.52. The molecular formula is C21H19FN2O2S. The average molecular weight is 382 g/mol. The first-order valence-corrected chi connectivity index (χ1v) is 9.78. The second-order valence-corrected chi connectivity index (χ2v) is 7.28. The molecule has 1 aliphatic heterocycles. The summed E-state index contributed by atoms with van der Waals surface area (Å²) in [7, 11) is 0. The molecule has 1 amide bonds. The highest BCUT2D eigenvalue weighted by Crippen LogP contribution is 2.29. The van der Waals surface area contributed by atoms with Gasteiger partial charge in [0.05, 0.1) is 18.3 Å². The molecule has 1 aliphatic rings. The maximum Gasteiger partial charge on any atom is 0.260 e. The number of thiazole rings is 1. The molecule has 1 atom stereocenters. The van der Waals surface area contributed by atoms with Crippen LogP contribution in [0.25, 0.3) is 11.3 Å². The van der Waals surface area contributed by atoms with Crippen LogP contribution in [0, 0.1) is 5.82 Å². The van der Waals surface area contributed by atoms with Crippen molar-refractivity contribution in [2.45, 2.75) is 18.9 Å². The van der Waals surface area contributed by atoms with Gasteiger partial charge in [-0.2, -0.15) is 0 Å². The fraction of sp³-hybridized carbons (Fsp3) is 0.238. The monoisotopic (exact) mass is 382 g/mol. The Morgan fingerprint density at radius 1 is 1.22 bits per heavy atom. The minimum atomic E-state index is -0.429. The molecule has 1 fully saturated rings. The molecule has 6 heteroatoms. The van der Waals surface area contributed by atoms with Gasteiger partial charge in [0, 0.05) is 23.1 Å². The number of hydrogen-bond donors (Lipinski definition) is 0. The van der Waals surface area contributed by atoms with E-state index in [1.807, 2.05) is 35.7 Å². The number of carbonyl (C=O) groups is 1. The van der Waals surface area contributed by atoms with Gasteiger partial charge in [-0.05, 0) is 31.0 Å². The summed E-state index contributed by atoms with van der Waals surface area (Å²) in [6.45, 7) is 1.12. The summed E-state index contributed by atoms with van der Waals surface area (Å²) in [6, 6.07) is 15.6. The first-order valence-electron chi connectivity index (χ1n) is 8.91. The van der Waals surface area contributed by atoms with Crippen LogP contribution in [0.2, 0.25) is 0 Å². The molecule has 1 aromatic heterocycles. The molecule has 3 aromatic rings. The molecule has 1 saturated heterocycles. The lowest BCUT2D eigenvalue weighted by Crippen LogP contribution is -2.37. The van der Waals surface area contributed by atoms with Crippen LogP contribution in [0.15, 0.2) is 60.0 Å². The normalized spacial score (nSPS) is 16.4. The first kappa shape index (κ1) is 17.8. The number of benzene rings is 2. The fourth-order valence-electron chi connectivity index (χ4n) is 3.15. The van der Waals surface area contributed by atoms with E-state index in [4.69, 9.17) is 4.74 Å². The van der Waals surface area contributed by atoms with Gasteiger partial charge in [0.1, 0.15) is 5.82 Å². The van der Waals surface area contributed by atoms with E-state index in [2.05, 4.69) is 4.98 Å². The summed E-state index contributed by atoms with van der Waals surface area (Å²) in [5, 5.41) is 2.53. The van der Waals surface area contributed by atoms with Crippen molar-refractivity contribution in [1.29, 1.82) is 0 Å². The van der Waals surface area contributed by atoms with Gasteiger partial charge in [-0.25, -0.2) is 9.37 Å². The van der Waals surface area contributed by atoms with Gasteiger partial charge in [0.15, 0.2) is 5.13 Å². The van der Waals surface area contributed by atoms with E-state index < -0.39 is 5.82 Å². The molecule has 0 aliphatic carbocycles. The number of halogens is 1. The van der Waals surface area contributed by atoms with Gasteiger partial charge < -0.3 is 4.74 Å². The molecule has 0 saturated carbocycles. The molecule has 0 radical (unpaired) electrons. The van der Waals surface area contributed by atoms with Crippen molar-refractivity contribution < 1.29 is 13.9 Å². The van der Waals surface area contributed by atoms with Crippen molar-refractivity contribution in [2.24, 2.45) is 0 Å². The second-order valence-electron chi connectivity index (χ2n) is 6.44. The van der Waals surface area contributed by atoms with Gasteiger partial charge in [0.2, 0.25) is 0 Å². The number of aromatic nitrogens is 1. The minimum Gasteiger partial charge on any atom is -0.376 e. The largest absolute Gasteiger partial charge is 0.376 e. The first-order chi connectivity index (χ1) is 13.2. The Balaban J connectivity index is 1.65. The van der Waals surface area contributed by atoms with Crippen LogP contribution in [0.3, 0.4) is 0 Å². The Morgan fingerprint density at radius 3 is 2.81 bits per heavy atom. The number of hydrogen-bond acceptors (Lipinski definition) is 4. The number of nitrogens with zero attached hydrogens (tertiary/aromatic N) is 2. The van der Waals surface area contributed by atoms with Crippen molar-refractivity contribution in [2.75, 3.05) is 18.1 Å². The fourth-order valence-corrected chi connectivity index (χ4v) is 3.99. The third kappa shape index (κ3) is 4.07. The molecule has 2 heterocycles. The van der Waals surface area contributed by atoms with Crippen LogP contribution >= 0.6 is 11.3 Å². The van der Waals surface area contributed by atoms with Crippen molar-refractivity contribution in [3.63, 3.8) is 0 Å². The van der Waals surface area contributed by atoms with Gasteiger partial charge in [-0.3, -0.25) is 9.69 Å². The number of anilines is 1. The lowest BCUT2D eigenvalue weighted by Gasteiger charge is -2.23. The van der Waals surface area contributed by atoms with Crippen molar-refractivity contribution >= 4 is 22.4 Å². The standard InChI is InChI=1S/C21H19FN2O2S/c22-17-9-4-8-16(12-17)20(25)24(13-18-10-5-11-26-18)21-23-19(14-27-21)15-6-2-1-3-7-15/h1-4,6-9,12,14,18H,5,10-11,13H2/t18-/m0/s1. The predicted octanol–water partition coefficient (Wildman–Crippen LogP) is 4.78. The summed E-state index contributed by atoms with van der Waals surface area (Å²) >= 11 is 1.41. The van der Waals surface area contributed by atoms with Crippen LogP contribution in [-0.4, -0.2) is 30.1 Å². The van der Waals surface area contributed by atoms with Crippen LogP contribution in [0.5, 0.6) is 0 Å². The zero-order valence-corrected chi connectivity index (χ0v) is 15.5. The zero-order chi connectivity index (χ0) is 18.6. The highest BCUT2D eigenvalue weighted by molar-refractivity contribution is 7.14. The maximum absolute atomic E-state index is 13.6. The molecule has 0 bridgehead atoms. The number of carbonyl (C=O) groups excluding carboxylic acids is 1. The second kappa shape index (κ2) is 7.98. The van der Waals surface area contributed by atoms with Crippen molar-refractivity contribution in [1.82, 2.24) is 4.98 Å². The Hall–Kier alpha value is -2.57. The average Bonchev–Trinajstić information content (AvgIpc) is 3.38. The van der Waals surface area contributed by atoms with Gasteiger partial charge in [-0.15, -0.1) is 11.3 Å². The van der Waals surface area contributed by atoms with Gasteiger partial charge in [-0.1, -0.05) is 36.4 Å². The van der Waals surface area contributed by atoms with E-state index in [0.717, 1.165) is 24.1 Å². The van der Waals surface area contributed by atoms with E-state index in [9.17, 15) is 9.18 Å². The van der Waals surface area contributed by atoms with Crippen molar-refractivity contribution in [3.05, 3.63) is 71.4 Å². The summed E-state index contributed by atoms with van der Waals surface area (Å²) in [5.74, 6) is -0.694. The van der Waals surface area contributed by atoms with Crippen LogP contribution in [-0.2, 0) is 4.74 Å². The van der Waals surface area contributed by atoms with Crippen molar-refractivity contribution in [3.8, 4) is 11.3 Å². The zero-order valence-electron chi connectivity index (χ0n) is 14.7. The molecule has 0 N–H and O–H groups in total. The molecule has 2 aromatic carbocycles. The molecule has 27 heavy (non-hydrogen) atoms. The number of ether oxygens (including phenoxy) is 1. The van der Waals surface area contributed by atoms with Gasteiger partial charge >= 0.3 is 0 Å².